The second-order valence-electron chi connectivity index (χ2n) is 7.02. The Morgan fingerprint density at radius 3 is 2.46 bits per heavy atom. The number of urea groups is 1. The Morgan fingerprint density at radius 2 is 1.92 bits per heavy atom. The lowest BCUT2D eigenvalue weighted by Gasteiger charge is -2.31. The molecule has 1 rings (SSSR count). The number of aliphatic hydroxyl groups excluding tert-OH is 1. The zero-order valence-electron chi connectivity index (χ0n) is 15.8. The molecule has 9 nitrogen and oxygen atoms in total. The van der Waals surface area contributed by atoms with Crippen molar-refractivity contribution in [1.29, 1.82) is 0 Å². The highest BCUT2D eigenvalue weighted by Crippen LogP contribution is 2.19. The van der Waals surface area contributed by atoms with E-state index in [1.165, 1.54) is 5.48 Å². The fraction of sp³-hybridized carbons (Fsp3) is 0.824. The number of amides is 4. The summed E-state index contributed by atoms with van der Waals surface area (Å²) >= 11 is 0. The molecule has 1 aliphatic rings. The topological polar surface area (TPSA) is 131 Å². The molecule has 0 saturated carbocycles. The minimum Gasteiger partial charge on any atom is -0.394 e. The van der Waals surface area contributed by atoms with E-state index in [9.17, 15) is 19.5 Å². The van der Waals surface area contributed by atoms with E-state index in [2.05, 4.69) is 10.6 Å². The lowest BCUT2D eigenvalue weighted by atomic mass is 10.0. The van der Waals surface area contributed by atoms with Crippen molar-refractivity contribution in [1.82, 2.24) is 21.0 Å². The molecule has 3 atom stereocenters. The van der Waals surface area contributed by atoms with Gasteiger partial charge in [0.15, 0.2) is 0 Å². The fourth-order valence-corrected chi connectivity index (χ4v) is 3.13. The van der Waals surface area contributed by atoms with E-state index in [0.29, 0.717) is 19.4 Å². The Balaban J connectivity index is 2.83. The van der Waals surface area contributed by atoms with Gasteiger partial charge in [-0.05, 0) is 25.2 Å². The summed E-state index contributed by atoms with van der Waals surface area (Å²) < 4.78 is 0. The third-order valence-corrected chi connectivity index (χ3v) is 4.67. The average Bonchev–Trinajstić information content (AvgIpc) is 3.10. The van der Waals surface area contributed by atoms with Gasteiger partial charge in [-0.15, -0.1) is 0 Å². The van der Waals surface area contributed by atoms with Gasteiger partial charge in [-0.1, -0.05) is 33.6 Å². The second-order valence-corrected chi connectivity index (χ2v) is 7.02. The van der Waals surface area contributed by atoms with Crippen LogP contribution in [0.3, 0.4) is 0 Å². The van der Waals surface area contributed by atoms with Gasteiger partial charge in [-0.25, -0.2) is 10.3 Å². The lowest BCUT2D eigenvalue weighted by molar-refractivity contribution is -0.139. The Hall–Kier alpha value is -1.87. The molecule has 1 fully saturated rings. The van der Waals surface area contributed by atoms with Crippen molar-refractivity contribution in [3.63, 3.8) is 0 Å². The van der Waals surface area contributed by atoms with Crippen LogP contribution in [0.25, 0.3) is 0 Å². The number of hydroxylamine groups is 1. The monoisotopic (exact) mass is 372 g/mol. The van der Waals surface area contributed by atoms with Crippen LogP contribution in [0, 0.1) is 5.92 Å². The van der Waals surface area contributed by atoms with Crippen LogP contribution in [0.15, 0.2) is 0 Å². The van der Waals surface area contributed by atoms with Gasteiger partial charge >= 0.3 is 6.03 Å². The molecular weight excluding hydrogens is 340 g/mol. The van der Waals surface area contributed by atoms with Crippen molar-refractivity contribution in [2.45, 2.75) is 71.0 Å². The molecular formula is C17H32N4O5. The van der Waals surface area contributed by atoms with Crippen molar-refractivity contribution in [2.24, 2.45) is 5.92 Å². The summed E-state index contributed by atoms with van der Waals surface area (Å²) in [5, 5.41) is 23.2. The van der Waals surface area contributed by atoms with Gasteiger partial charge in [0.05, 0.1) is 12.6 Å². The van der Waals surface area contributed by atoms with Crippen LogP contribution >= 0.6 is 0 Å². The normalized spacial score (nSPS) is 19.2. The van der Waals surface area contributed by atoms with Gasteiger partial charge in [-0.3, -0.25) is 14.8 Å². The van der Waals surface area contributed by atoms with Gasteiger partial charge in [-0.2, -0.15) is 0 Å². The summed E-state index contributed by atoms with van der Waals surface area (Å²) in [5.74, 6) is -0.829. The molecule has 0 aromatic carbocycles. The van der Waals surface area contributed by atoms with Crippen LogP contribution in [0.2, 0.25) is 0 Å². The number of carbonyl (C=O) groups excluding carboxylic acids is 3. The summed E-state index contributed by atoms with van der Waals surface area (Å²) in [6.07, 6.45) is 3.52. The average molecular weight is 372 g/mol. The molecule has 1 heterocycles. The minimum atomic E-state index is -0.867. The number of rotatable bonds is 9. The molecule has 26 heavy (non-hydrogen) atoms. The van der Waals surface area contributed by atoms with Gasteiger partial charge in [0.1, 0.15) is 12.1 Å². The lowest BCUT2D eigenvalue weighted by Crippen LogP contribution is -2.57. The van der Waals surface area contributed by atoms with Crippen molar-refractivity contribution in [2.75, 3.05) is 13.2 Å². The molecule has 4 amide bonds. The van der Waals surface area contributed by atoms with Crippen LogP contribution < -0.4 is 16.1 Å². The van der Waals surface area contributed by atoms with E-state index in [1.54, 1.807) is 4.90 Å². The van der Waals surface area contributed by atoms with Crippen LogP contribution in [0.4, 0.5) is 4.79 Å². The minimum absolute atomic E-state index is 0.0954. The Labute approximate surface area is 154 Å². The maximum Gasteiger partial charge on any atom is 0.339 e. The highest BCUT2D eigenvalue weighted by Gasteiger charge is 2.36. The van der Waals surface area contributed by atoms with Gasteiger partial charge < -0.3 is 20.6 Å². The molecule has 0 bridgehead atoms. The standard InChI is InChI=1S/C17H32N4O5/c1-4-5-8-13(18-17(25)20-26)15(23)19-14(11(2)3)16(24)21-9-6-7-12(21)10-22/h11-14,22,26H,4-10H2,1-3H3,(H,19,23)(H2,18,20,25)/t12-,13?,14?/m0/s1. The second kappa shape index (κ2) is 11.0. The summed E-state index contributed by atoms with van der Waals surface area (Å²) in [6.45, 7) is 6.10. The van der Waals surface area contributed by atoms with Crippen LogP contribution in [-0.4, -0.2) is 64.3 Å². The van der Waals surface area contributed by atoms with Gasteiger partial charge in [0, 0.05) is 6.54 Å². The molecule has 0 radical (unpaired) electrons. The quantitative estimate of drug-likeness (QED) is 0.295. The first kappa shape index (κ1) is 22.2. The highest BCUT2D eigenvalue weighted by molar-refractivity contribution is 5.92. The third-order valence-electron chi connectivity index (χ3n) is 4.67. The number of aliphatic hydroxyl groups is 1. The maximum atomic E-state index is 12.9. The number of likely N-dealkylation sites (tertiary alicyclic amines) is 1. The largest absolute Gasteiger partial charge is 0.394 e. The summed E-state index contributed by atoms with van der Waals surface area (Å²) in [6, 6.07) is -2.66. The van der Waals surface area contributed by atoms with Crippen LogP contribution in [0.5, 0.6) is 0 Å². The zero-order valence-corrected chi connectivity index (χ0v) is 15.8. The number of unbranched alkanes of at least 4 members (excludes halogenated alkanes) is 1. The van der Waals surface area contributed by atoms with E-state index in [-0.39, 0.29) is 24.5 Å². The number of hydrogen-bond donors (Lipinski definition) is 5. The van der Waals surface area contributed by atoms with Crippen molar-refractivity contribution in [3.05, 3.63) is 0 Å². The Morgan fingerprint density at radius 1 is 1.23 bits per heavy atom. The van der Waals surface area contributed by atoms with Crippen molar-refractivity contribution >= 4 is 17.8 Å². The molecule has 5 N–H and O–H groups in total. The number of hydrogen-bond acceptors (Lipinski definition) is 5. The molecule has 1 saturated heterocycles. The van der Waals surface area contributed by atoms with Crippen LogP contribution in [-0.2, 0) is 9.59 Å². The first-order valence-corrected chi connectivity index (χ1v) is 9.27. The molecule has 2 unspecified atom stereocenters. The van der Waals surface area contributed by atoms with Crippen LogP contribution in [0.1, 0.15) is 52.9 Å². The number of carbonyl (C=O) groups is 3. The molecule has 9 heteroatoms. The maximum absolute atomic E-state index is 12.9. The highest BCUT2D eigenvalue weighted by atomic mass is 16.5. The molecule has 0 spiro atoms. The smallest absolute Gasteiger partial charge is 0.339 e. The summed E-state index contributed by atoms with van der Waals surface area (Å²) in [4.78, 5) is 38.5. The number of nitrogens with zero attached hydrogens (tertiary/aromatic N) is 1. The summed E-state index contributed by atoms with van der Waals surface area (Å²) in [7, 11) is 0. The summed E-state index contributed by atoms with van der Waals surface area (Å²) in [5.41, 5.74) is 1.45. The van der Waals surface area contributed by atoms with Gasteiger partial charge in [0.25, 0.3) is 0 Å². The van der Waals surface area contributed by atoms with Gasteiger partial charge in [0.2, 0.25) is 11.8 Å². The van der Waals surface area contributed by atoms with Crippen molar-refractivity contribution < 1.29 is 24.7 Å². The zero-order chi connectivity index (χ0) is 19.7. The molecule has 0 aromatic rings. The molecule has 0 aromatic heterocycles. The predicted octanol–water partition coefficient (Wildman–Crippen LogP) is 0.358. The van der Waals surface area contributed by atoms with E-state index < -0.39 is 24.0 Å². The Kier molecular flexibility index (Phi) is 9.36. The fourth-order valence-electron chi connectivity index (χ4n) is 3.13. The molecule has 0 aliphatic carbocycles. The van der Waals surface area contributed by atoms with E-state index in [0.717, 1.165) is 19.3 Å². The third kappa shape index (κ3) is 6.14. The predicted molar refractivity (Wildman–Crippen MR) is 95.4 cm³/mol. The Bertz CT molecular complexity index is 486. The van der Waals surface area contributed by atoms with Crippen molar-refractivity contribution in [3.8, 4) is 0 Å². The first-order chi connectivity index (χ1) is 12.3. The first-order valence-electron chi connectivity index (χ1n) is 9.27. The molecule has 150 valence electrons. The number of nitrogens with one attached hydrogen (secondary N) is 3. The van der Waals surface area contributed by atoms with E-state index >= 15 is 0 Å². The SMILES string of the molecule is CCCCC(NC(=O)NO)C(=O)NC(C(=O)N1CCC[C@H]1CO)C(C)C. The molecule has 1 aliphatic heterocycles. The van der Waals surface area contributed by atoms with E-state index in [1.807, 2.05) is 20.8 Å². The van der Waals surface area contributed by atoms with E-state index in [4.69, 9.17) is 5.21 Å².